The lowest BCUT2D eigenvalue weighted by atomic mass is 10.1. The molecule has 0 aliphatic heterocycles. The third kappa shape index (κ3) is 3.51. The molecule has 0 aliphatic rings. The zero-order chi connectivity index (χ0) is 17.1. The van der Waals surface area contributed by atoms with Crippen LogP contribution < -0.4 is 5.73 Å². The van der Waals surface area contributed by atoms with E-state index in [1.807, 2.05) is 0 Å². The first-order valence-corrected chi connectivity index (χ1v) is 8.84. The van der Waals surface area contributed by atoms with E-state index in [9.17, 15) is 0 Å². The van der Waals surface area contributed by atoms with Gasteiger partial charge in [0.2, 0.25) is 0 Å². The molecule has 3 rings (SSSR count). The number of hydrogen-bond donors (Lipinski definition) is 1. The minimum atomic E-state index is 0.166. The summed E-state index contributed by atoms with van der Waals surface area (Å²) < 4.78 is 2.33. The molecule has 0 saturated heterocycles. The highest BCUT2D eigenvalue weighted by Crippen LogP contribution is 2.22. The van der Waals surface area contributed by atoms with E-state index in [-0.39, 0.29) is 6.04 Å². The molecule has 0 radical (unpaired) electrons. The first-order chi connectivity index (χ1) is 11.6. The van der Waals surface area contributed by atoms with Gasteiger partial charge in [-0.05, 0) is 55.5 Å². The molecule has 3 aromatic rings. The lowest BCUT2D eigenvalue weighted by molar-refractivity contribution is 0.531. The Morgan fingerprint density at radius 1 is 1.04 bits per heavy atom. The largest absolute Gasteiger partial charge is 0.326 e. The van der Waals surface area contributed by atoms with Gasteiger partial charge in [0.1, 0.15) is 5.82 Å². The van der Waals surface area contributed by atoms with Crippen LogP contribution in [-0.4, -0.2) is 15.6 Å². The number of hydrogen-bond acceptors (Lipinski definition) is 2. The molecule has 1 unspecified atom stereocenters. The van der Waals surface area contributed by atoms with Gasteiger partial charge in [0.25, 0.3) is 0 Å². The number of fused-ring (bicyclic) bond motifs is 1. The first kappa shape index (κ1) is 16.7. The van der Waals surface area contributed by atoms with E-state index in [1.54, 1.807) is 0 Å². The average molecular weight is 321 g/mol. The standard InChI is InChI=1S/C21H27N3/c1-4-18(22)14-24-20-13-16(3)15(2)12-19(20)23-21(24)11-10-17-8-6-5-7-9-17/h5-9,12-13,18H,4,10-11,14,22H2,1-3H3. The maximum Gasteiger partial charge on any atom is 0.110 e. The highest BCUT2D eigenvalue weighted by Gasteiger charge is 2.14. The Balaban J connectivity index is 1.96. The Morgan fingerprint density at radius 3 is 2.46 bits per heavy atom. The maximum absolute atomic E-state index is 6.25. The molecule has 1 heterocycles. The molecule has 2 aromatic carbocycles. The third-order valence-electron chi connectivity index (χ3n) is 4.86. The molecule has 1 aromatic heterocycles. The molecule has 126 valence electrons. The highest BCUT2D eigenvalue weighted by molar-refractivity contribution is 5.78. The Morgan fingerprint density at radius 2 is 1.75 bits per heavy atom. The summed E-state index contributed by atoms with van der Waals surface area (Å²) in [5.41, 5.74) is 12.5. The molecule has 1 atom stereocenters. The second-order valence-corrected chi connectivity index (χ2v) is 6.72. The van der Waals surface area contributed by atoms with Crippen molar-refractivity contribution in [2.45, 2.75) is 52.6 Å². The van der Waals surface area contributed by atoms with Crippen LogP contribution in [0.5, 0.6) is 0 Å². The van der Waals surface area contributed by atoms with Gasteiger partial charge < -0.3 is 10.3 Å². The second-order valence-electron chi connectivity index (χ2n) is 6.72. The van der Waals surface area contributed by atoms with E-state index in [1.165, 1.54) is 22.2 Å². The molecular weight excluding hydrogens is 294 g/mol. The SMILES string of the molecule is CCC(N)Cn1c(CCc2ccccc2)nc2cc(C)c(C)cc21. The van der Waals surface area contributed by atoms with Crippen molar-refractivity contribution in [2.75, 3.05) is 0 Å². The quantitative estimate of drug-likeness (QED) is 0.740. The van der Waals surface area contributed by atoms with E-state index in [4.69, 9.17) is 10.7 Å². The van der Waals surface area contributed by atoms with Crippen LogP contribution in [0, 0.1) is 13.8 Å². The molecule has 2 N–H and O–H groups in total. The first-order valence-electron chi connectivity index (χ1n) is 8.84. The van der Waals surface area contributed by atoms with Crippen molar-refractivity contribution in [1.29, 1.82) is 0 Å². The fourth-order valence-electron chi connectivity index (χ4n) is 3.09. The molecule has 0 amide bonds. The molecule has 0 saturated carbocycles. The summed E-state index contributed by atoms with van der Waals surface area (Å²) >= 11 is 0. The lowest BCUT2D eigenvalue weighted by Gasteiger charge is -2.14. The number of aromatic nitrogens is 2. The maximum atomic E-state index is 6.25. The normalized spacial score (nSPS) is 12.7. The Hall–Kier alpha value is -2.13. The number of nitrogens with two attached hydrogens (primary N) is 1. The van der Waals surface area contributed by atoms with Crippen LogP contribution in [0.4, 0.5) is 0 Å². The molecular formula is C21H27N3. The summed E-state index contributed by atoms with van der Waals surface area (Å²) in [6.45, 7) is 7.28. The summed E-state index contributed by atoms with van der Waals surface area (Å²) in [6.07, 6.45) is 2.92. The molecule has 0 fully saturated rings. The summed E-state index contributed by atoms with van der Waals surface area (Å²) in [5.74, 6) is 1.14. The van der Waals surface area contributed by atoms with Gasteiger partial charge >= 0.3 is 0 Å². The van der Waals surface area contributed by atoms with E-state index in [2.05, 4.69) is 67.8 Å². The summed E-state index contributed by atoms with van der Waals surface area (Å²) in [4.78, 5) is 4.92. The third-order valence-corrected chi connectivity index (χ3v) is 4.86. The smallest absolute Gasteiger partial charge is 0.110 e. The number of nitrogens with zero attached hydrogens (tertiary/aromatic N) is 2. The molecule has 0 aliphatic carbocycles. The van der Waals surface area contributed by atoms with E-state index < -0.39 is 0 Å². The number of benzene rings is 2. The Bertz CT molecular complexity index is 818. The summed E-state index contributed by atoms with van der Waals surface area (Å²) in [5, 5.41) is 0. The molecule has 0 bridgehead atoms. The van der Waals surface area contributed by atoms with Crippen LogP contribution >= 0.6 is 0 Å². The molecule has 3 nitrogen and oxygen atoms in total. The zero-order valence-corrected chi connectivity index (χ0v) is 14.9. The van der Waals surface area contributed by atoms with Gasteiger partial charge in [0.05, 0.1) is 11.0 Å². The molecule has 0 spiro atoms. The van der Waals surface area contributed by atoms with Crippen LogP contribution in [0.15, 0.2) is 42.5 Å². The van der Waals surface area contributed by atoms with Crippen molar-refractivity contribution in [3.63, 3.8) is 0 Å². The Kier molecular flexibility index (Phi) is 5.00. The molecule has 3 heteroatoms. The predicted molar refractivity (Wildman–Crippen MR) is 101 cm³/mol. The summed E-state index contributed by atoms with van der Waals surface area (Å²) in [6, 6.07) is 15.2. The number of rotatable bonds is 6. The van der Waals surface area contributed by atoms with Crippen LogP contribution in [0.3, 0.4) is 0 Å². The van der Waals surface area contributed by atoms with Crippen LogP contribution in [0.1, 0.15) is 35.9 Å². The topological polar surface area (TPSA) is 43.8 Å². The number of aryl methyl sites for hydroxylation is 4. The van der Waals surface area contributed by atoms with E-state index in [0.29, 0.717) is 0 Å². The van der Waals surface area contributed by atoms with E-state index in [0.717, 1.165) is 37.1 Å². The van der Waals surface area contributed by atoms with E-state index >= 15 is 0 Å². The van der Waals surface area contributed by atoms with Gasteiger partial charge in [-0.25, -0.2) is 4.98 Å². The van der Waals surface area contributed by atoms with Gasteiger partial charge in [-0.1, -0.05) is 37.3 Å². The van der Waals surface area contributed by atoms with Gasteiger partial charge in [-0.3, -0.25) is 0 Å². The van der Waals surface area contributed by atoms with Gasteiger partial charge in [0, 0.05) is 19.0 Å². The Labute approximate surface area is 144 Å². The van der Waals surface area contributed by atoms with Crippen molar-refractivity contribution >= 4 is 11.0 Å². The van der Waals surface area contributed by atoms with Crippen LogP contribution in [-0.2, 0) is 19.4 Å². The minimum absolute atomic E-state index is 0.166. The lowest BCUT2D eigenvalue weighted by Crippen LogP contribution is -2.26. The van der Waals surface area contributed by atoms with Crippen LogP contribution in [0.25, 0.3) is 11.0 Å². The summed E-state index contributed by atoms with van der Waals surface area (Å²) in [7, 11) is 0. The number of imidazole rings is 1. The van der Waals surface area contributed by atoms with Crippen molar-refractivity contribution in [3.05, 3.63) is 65.0 Å². The van der Waals surface area contributed by atoms with Gasteiger partial charge in [-0.15, -0.1) is 0 Å². The van der Waals surface area contributed by atoms with Crippen LogP contribution in [0.2, 0.25) is 0 Å². The van der Waals surface area contributed by atoms with Crippen molar-refractivity contribution in [2.24, 2.45) is 5.73 Å². The second kappa shape index (κ2) is 7.18. The van der Waals surface area contributed by atoms with Crippen molar-refractivity contribution in [3.8, 4) is 0 Å². The van der Waals surface area contributed by atoms with Crippen molar-refractivity contribution < 1.29 is 0 Å². The monoisotopic (exact) mass is 321 g/mol. The predicted octanol–water partition coefficient (Wildman–Crippen LogP) is 4.18. The minimum Gasteiger partial charge on any atom is -0.326 e. The fourth-order valence-corrected chi connectivity index (χ4v) is 3.09. The van der Waals surface area contributed by atoms with Crippen molar-refractivity contribution in [1.82, 2.24) is 9.55 Å². The van der Waals surface area contributed by atoms with Gasteiger partial charge in [0.15, 0.2) is 0 Å². The molecule has 24 heavy (non-hydrogen) atoms. The zero-order valence-electron chi connectivity index (χ0n) is 14.9. The highest BCUT2D eigenvalue weighted by atomic mass is 15.1. The van der Waals surface area contributed by atoms with Gasteiger partial charge in [-0.2, -0.15) is 0 Å². The fraction of sp³-hybridized carbons (Fsp3) is 0.381. The average Bonchev–Trinajstić information content (AvgIpc) is 2.91.